The minimum atomic E-state index is -4.25. The first kappa shape index (κ1) is 13.7. The zero-order valence-corrected chi connectivity index (χ0v) is 10.9. The van der Waals surface area contributed by atoms with Crippen LogP contribution in [0.5, 0.6) is 0 Å². The van der Waals surface area contributed by atoms with Gasteiger partial charge in [0.2, 0.25) is 0 Å². The Hall–Kier alpha value is -2.25. The van der Waals surface area contributed by atoms with E-state index in [1.54, 1.807) is 23.1 Å². The third-order valence-electron chi connectivity index (χ3n) is 3.63. The van der Waals surface area contributed by atoms with Crippen LogP contribution in [0.4, 0.5) is 18.9 Å². The number of H-pyrrole nitrogens is 2. The molecule has 2 heterocycles. The van der Waals surface area contributed by atoms with Crippen molar-refractivity contribution in [1.29, 1.82) is 0 Å². The molecular weight excluding hydrogens is 285 g/mol. The lowest BCUT2D eigenvalue weighted by molar-refractivity contribution is -0.152. The average Bonchev–Trinajstić information content (AvgIpc) is 2.83. The van der Waals surface area contributed by atoms with Gasteiger partial charge in [0.1, 0.15) is 5.82 Å². The number of nitrogens with zero attached hydrogens (tertiary/aromatic N) is 2. The van der Waals surface area contributed by atoms with E-state index < -0.39 is 17.8 Å². The number of hydrogen-bond acceptors (Lipinski definition) is 3. The van der Waals surface area contributed by atoms with Crippen LogP contribution >= 0.6 is 0 Å². The van der Waals surface area contributed by atoms with Crippen LogP contribution in [0.2, 0.25) is 0 Å². The Kier molecular flexibility index (Phi) is 3.23. The number of anilines is 1. The van der Waals surface area contributed by atoms with Crippen molar-refractivity contribution in [2.45, 2.75) is 25.1 Å². The molecule has 1 aromatic carbocycles. The second kappa shape index (κ2) is 4.94. The summed E-state index contributed by atoms with van der Waals surface area (Å²) in [4.78, 5) is 15.3. The van der Waals surface area contributed by atoms with Gasteiger partial charge in [0.15, 0.2) is 0 Å². The molecule has 1 aliphatic heterocycles. The van der Waals surface area contributed by atoms with Gasteiger partial charge in [0.05, 0.1) is 12.5 Å². The summed E-state index contributed by atoms with van der Waals surface area (Å²) < 4.78 is 39.3. The molecule has 1 atom stereocenters. The summed E-state index contributed by atoms with van der Waals surface area (Å²) in [6.07, 6.45) is -4.25. The molecular formula is C13H13F3N4O. The zero-order chi connectivity index (χ0) is 15.0. The van der Waals surface area contributed by atoms with Crippen molar-refractivity contribution in [3.8, 4) is 0 Å². The van der Waals surface area contributed by atoms with Crippen molar-refractivity contribution in [3.63, 3.8) is 0 Å². The Bertz CT molecular complexity index is 691. The maximum Gasteiger partial charge on any atom is 0.395 e. The number of nitrogens with one attached hydrogen (secondary N) is 2. The molecule has 0 aliphatic carbocycles. The fraction of sp³-hybridized carbons (Fsp3) is 0.385. The first-order chi connectivity index (χ1) is 9.95. The third kappa shape index (κ3) is 2.65. The Labute approximate surface area is 117 Å². The fourth-order valence-corrected chi connectivity index (χ4v) is 2.70. The topological polar surface area (TPSA) is 64.8 Å². The van der Waals surface area contributed by atoms with Gasteiger partial charge in [0, 0.05) is 12.2 Å². The van der Waals surface area contributed by atoms with Gasteiger partial charge < -0.3 is 4.90 Å². The van der Waals surface area contributed by atoms with E-state index in [9.17, 15) is 18.0 Å². The predicted molar refractivity (Wildman–Crippen MR) is 70.1 cm³/mol. The highest BCUT2D eigenvalue weighted by atomic mass is 19.4. The summed E-state index contributed by atoms with van der Waals surface area (Å²) in [6, 6.07) is 6.49. The largest absolute Gasteiger partial charge is 0.395 e. The molecule has 8 heteroatoms. The lowest BCUT2D eigenvalue weighted by atomic mass is 9.89. The number of para-hydroxylation sites is 1. The summed E-state index contributed by atoms with van der Waals surface area (Å²) in [6.45, 7) is 0.524. The van der Waals surface area contributed by atoms with Crippen LogP contribution in [0, 0.1) is 0 Å². The standard InChI is InChI=1S/C13H13F3N4O/c14-13(15,16)9-5-6-20(7-11-17-12(21)19-18-11)10-4-2-1-3-8(9)10/h1-4,9H,5-7H2,(H2,17,18,19,21)/t9-/m0/s1. The van der Waals surface area contributed by atoms with Crippen molar-refractivity contribution in [1.82, 2.24) is 15.2 Å². The van der Waals surface area contributed by atoms with Gasteiger partial charge in [-0.25, -0.2) is 9.89 Å². The Balaban J connectivity index is 1.93. The Morgan fingerprint density at radius 3 is 2.76 bits per heavy atom. The number of rotatable bonds is 2. The number of hydrogen-bond donors (Lipinski definition) is 2. The minimum absolute atomic E-state index is 0.00479. The highest BCUT2D eigenvalue weighted by molar-refractivity contribution is 5.57. The van der Waals surface area contributed by atoms with E-state index in [-0.39, 0.29) is 25.1 Å². The number of alkyl halides is 3. The summed E-state index contributed by atoms with van der Waals surface area (Å²) in [5.74, 6) is -1.04. The van der Waals surface area contributed by atoms with Crippen LogP contribution in [-0.2, 0) is 6.54 Å². The molecule has 21 heavy (non-hydrogen) atoms. The van der Waals surface area contributed by atoms with Gasteiger partial charge in [-0.1, -0.05) is 18.2 Å². The second-order valence-electron chi connectivity index (χ2n) is 4.99. The van der Waals surface area contributed by atoms with E-state index in [0.717, 1.165) is 0 Å². The van der Waals surface area contributed by atoms with Crippen LogP contribution in [-0.4, -0.2) is 27.9 Å². The molecule has 2 aromatic rings. The van der Waals surface area contributed by atoms with Gasteiger partial charge >= 0.3 is 11.9 Å². The molecule has 1 aromatic heterocycles. The first-order valence-electron chi connectivity index (χ1n) is 6.49. The van der Waals surface area contributed by atoms with Gasteiger partial charge in [-0.15, -0.1) is 0 Å². The van der Waals surface area contributed by atoms with Crippen LogP contribution in [0.25, 0.3) is 0 Å². The maximum absolute atomic E-state index is 13.1. The van der Waals surface area contributed by atoms with E-state index in [0.29, 0.717) is 11.5 Å². The van der Waals surface area contributed by atoms with Crippen molar-refractivity contribution in [2.24, 2.45) is 0 Å². The van der Waals surface area contributed by atoms with Crippen LogP contribution in [0.1, 0.15) is 23.7 Å². The van der Waals surface area contributed by atoms with Crippen molar-refractivity contribution in [3.05, 3.63) is 46.1 Å². The molecule has 5 nitrogen and oxygen atoms in total. The van der Waals surface area contributed by atoms with Crippen LogP contribution in [0.3, 0.4) is 0 Å². The van der Waals surface area contributed by atoms with E-state index in [4.69, 9.17) is 0 Å². The number of halogens is 3. The lowest BCUT2D eigenvalue weighted by Gasteiger charge is -2.35. The molecule has 0 amide bonds. The van der Waals surface area contributed by atoms with E-state index in [2.05, 4.69) is 15.2 Å². The number of benzene rings is 1. The molecule has 1 aliphatic rings. The predicted octanol–water partition coefficient (Wildman–Crippen LogP) is 2.15. The molecule has 0 radical (unpaired) electrons. The number of fused-ring (bicyclic) bond motifs is 1. The van der Waals surface area contributed by atoms with Crippen LogP contribution in [0.15, 0.2) is 29.1 Å². The third-order valence-corrected chi connectivity index (χ3v) is 3.63. The second-order valence-corrected chi connectivity index (χ2v) is 4.99. The van der Waals surface area contributed by atoms with Crippen LogP contribution < -0.4 is 10.6 Å². The molecule has 0 fully saturated rings. The van der Waals surface area contributed by atoms with Gasteiger partial charge in [-0.2, -0.15) is 18.3 Å². The van der Waals surface area contributed by atoms with Gasteiger partial charge in [-0.3, -0.25) is 4.98 Å². The highest BCUT2D eigenvalue weighted by Crippen LogP contribution is 2.44. The smallest absolute Gasteiger partial charge is 0.364 e. The van der Waals surface area contributed by atoms with E-state index in [1.165, 1.54) is 6.07 Å². The SMILES string of the molecule is O=c1[nH]nc(CN2CC[C@H](C(F)(F)F)c3ccccc32)[nH]1. The van der Waals surface area contributed by atoms with Gasteiger partial charge in [-0.05, 0) is 18.1 Å². The van der Waals surface area contributed by atoms with E-state index >= 15 is 0 Å². The molecule has 0 spiro atoms. The zero-order valence-electron chi connectivity index (χ0n) is 10.9. The monoisotopic (exact) mass is 298 g/mol. The Morgan fingerprint density at radius 2 is 2.10 bits per heavy atom. The maximum atomic E-state index is 13.1. The first-order valence-corrected chi connectivity index (χ1v) is 6.49. The molecule has 0 unspecified atom stereocenters. The molecule has 0 saturated heterocycles. The van der Waals surface area contributed by atoms with Crippen molar-refractivity contribution >= 4 is 5.69 Å². The molecule has 2 N–H and O–H groups in total. The average molecular weight is 298 g/mol. The van der Waals surface area contributed by atoms with Gasteiger partial charge in [0.25, 0.3) is 0 Å². The summed E-state index contributed by atoms with van der Waals surface area (Å²) in [7, 11) is 0. The Morgan fingerprint density at radius 1 is 1.33 bits per heavy atom. The minimum Gasteiger partial charge on any atom is -0.364 e. The van der Waals surface area contributed by atoms with E-state index in [1.807, 2.05) is 0 Å². The molecule has 3 rings (SSSR count). The fourth-order valence-electron chi connectivity index (χ4n) is 2.70. The van der Waals surface area contributed by atoms with Crippen molar-refractivity contribution < 1.29 is 13.2 Å². The lowest BCUT2D eigenvalue weighted by Crippen LogP contribution is -2.35. The molecule has 112 valence electrons. The molecule has 0 saturated carbocycles. The number of aromatic nitrogens is 3. The summed E-state index contributed by atoms with van der Waals surface area (Å²) in [5.41, 5.74) is 0.382. The highest BCUT2D eigenvalue weighted by Gasteiger charge is 2.44. The quantitative estimate of drug-likeness (QED) is 0.893. The summed E-state index contributed by atoms with van der Waals surface area (Å²) >= 11 is 0. The number of aromatic amines is 2. The summed E-state index contributed by atoms with van der Waals surface area (Å²) in [5, 5.41) is 6.04. The van der Waals surface area contributed by atoms with Crippen molar-refractivity contribution in [2.75, 3.05) is 11.4 Å². The normalized spacial score (nSPS) is 18.6. The molecule has 0 bridgehead atoms.